The average Bonchev–Trinajstić information content (AvgIpc) is 2.23. The van der Waals surface area contributed by atoms with Gasteiger partial charge in [0.2, 0.25) is 5.91 Å². The molecular weight excluding hydrogens is 302 g/mol. The van der Waals surface area contributed by atoms with Crippen LogP contribution in [0.3, 0.4) is 0 Å². The Hall–Kier alpha value is -0.540. The number of aryl methyl sites for hydroxylation is 1. The molecule has 0 aliphatic carbocycles. The molecule has 0 spiro atoms. The zero-order chi connectivity index (χ0) is 13.0. The molecule has 0 aliphatic rings. The monoisotopic (exact) mass is 317 g/mol. The smallest absolute Gasteiger partial charge is 0.224 e. The number of carbonyl (C=O) groups is 1. The van der Waals surface area contributed by atoms with Crippen molar-refractivity contribution in [2.75, 3.05) is 5.32 Å². The Morgan fingerprint density at radius 1 is 1.47 bits per heavy atom. The third-order valence-corrected chi connectivity index (χ3v) is 3.53. The molecule has 0 heterocycles. The summed E-state index contributed by atoms with van der Waals surface area (Å²) in [5, 5.41) is 3.52. The maximum atomic E-state index is 11.7. The van der Waals surface area contributed by atoms with Crippen LogP contribution in [0.5, 0.6) is 0 Å². The number of amides is 1. The Balaban J connectivity index is 2.68. The first kappa shape index (κ1) is 14.5. The van der Waals surface area contributed by atoms with Crippen LogP contribution < -0.4 is 5.32 Å². The van der Waals surface area contributed by atoms with Crippen molar-refractivity contribution in [1.29, 1.82) is 0 Å². The first-order valence-electron chi connectivity index (χ1n) is 5.65. The third kappa shape index (κ3) is 4.68. The van der Waals surface area contributed by atoms with E-state index in [9.17, 15) is 4.79 Å². The first-order valence-corrected chi connectivity index (χ1v) is 6.82. The highest BCUT2D eigenvalue weighted by Gasteiger charge is 2.08. The number of benzene rings is 1. The molecule has 0 aliphatic heterocycles. The standard InChI is InChI=1S/C13H17BrClNO/c1-8(2)4-5-13(17)16-12-7-11(15)9(3)6-10(12)14/h6-8H,4-5H2,1-3H3,(H,16,17). The molecule has 0 atom stereocenters. The SMILES string of the molecule is Cc1cc(Br)c(NC(=O)CCC(C)C)cc1Cl. The molecule has 94 valence electrons. The van der Waals surface area contributed by atoms with Crippen molar-refractivity contribution in [2.45, 2.75) is 33.6 Å². The van der Waals surface area contributed by atoms with E-state index in [1.807, 2.05) is 13.0 Å². The van der Waals surface area contributed by atoms with E-state index in [1.54, 1.807) is 6.07 Å². The Kier molecular flexibility index (Phi) is 5.47. The van der Waals surface area contributed by atoms with Crippen molar-refractivity contribution in [1.82, 2.24) is 0 Å². The Morgan fingerprint density at radius 2 is 2.12 bits per heavy atom. The van der Waals surface area contributed by atoms with Crippen LogP contribution in [0.4, 0.5) is 5.69 Å². The van der Waals surface area contributed by atoms with Crippen molar-refractivity contribution in [3.05, 3.63) is 27.2 Å². The Bertz CT molecular complexity index is 418. The first-order chi connectivity index (χ1) is 7.90. The Labute approximate surface area is 116 Å². The molecule has 1 aromatic carbocycles. The minimum atomic E-state index is 0.0271. The van der Waals surface area contributed by atoms with Gasteiger partial charge in [-0.15, -0.1) is 0 Å². The lowest BCUT2D eigenvalue weighted by Crippen LogP contribution is -2.12. The molecule has 4 heteroatoms. The maximum absolute atomic E-state index is 11.7. The fourth-order valence-corrected chi connectivity index (χ4v) is 2.10. The summed E-state index contributed by atoms with van der Waals surface area (Å²) in [6, 6.07) is 3.68. The summed E-state index contributed by atoms with van der Waals surface area (Å²) < 4.78 is 0.859. The summed E-state index contributed by atoms with van der Waals surface area (Å²) in [6.07, 6.45) is 1.43. The predicted octanol–water partition coefficient (Wildman–Crippen LogP) is 4.79. The van der Waals surface area contributed by atoms with Gasteiger partial charge in [-0.05, 0) is 52.9 Å². The van der Waals surface area contributed by atoms with Gasteiger partial charge < -0.3 is 5.32 Å². The fraction of sp³-hybridized carbons (Fsp3) is 0.462. The van der Waals surface area contributed by atoms with Crippen LogP contribution >= 0.6 is 27.5 Å². The molecule has 0 radical (unpaired) electrons. The van der Waals surface area contributed by atoms with Gasteiger partial charge in [-0.2, -0.15) is 0 Å². The lowest BCUT2D eigenvalue weighted by Gasteiger charge is -2.10. The quantitative estimate of drug-likeness (QED) is 0.850. The van der Waals surface area contributed by atoms with Gasteiger partial charge >= 0.3 is 0 Å². The largest absolute Gasteiger partial charge is 0.325 e. The highest BCUT2D eigenvalue weighted by atomic mass is 79.9. The van der Waals surface area contributed by atoms with Gasteiger partial charge in [-0.25, -0.2) is 0 Å². The van der Waals surface area contributed by atoms with E-state index < -0.39 is 0 Å². The van der Waals surface area contributed by atoms with Gasteiger partial charge in [0.05, 0.1) is 5.69 Å². The van der Waals surface area contributed by atoms with E-state index in [0.717, 1.165) is 22.1 Å². The Morgan fingerprint density at radius 3 is 2.71 bits per heavy atom. The van der Waals surface area contributed by atoms with Gasteiger partial charge in [0.1, 0.15) is 0 Å². The second-order valence-electron chi connectivity index (χ2n) is 4.56. The molecule has 0 saturated carbocycles. The highest BCUT2D eigenvalue weighted by molar-refractivity contribution is 9.10. The van der Waals surface area contributed by atoms with E-state index >= 15 is 0 Å². The lowest BCUT2D eigenvalue weighted by molar-refractivity contribution is -0.116. The van der Waals surface area contributed by atoms with Crippen molar-refractivity contribution in [3.8, 4) is 0 Å². The third-order valence-electron chi connectivity index (χ3n) is 2.47. The lowest BCUT2D eigenvalue weighted by atomic mass is 10.1. The van der Waals surface area contributed by atoms with E-state index in [4.69, 9.17) is 11.6 Å². The summed E-state index contributed by atoms with van der Waals surface area (Å²) in [5.41, 5.74) is 1.72. The van der Waals surface area contributed by atoms with E-state index in [-0.39, 0.29) is 5.91 Å². The van der Waals surface area contributed by atoms with Crippen molar-refractivity contribution in [2.24, 2.45) is 5.92 Å². The normalized spacial score (nSPS) is 10.7. The summed E-state index contributed by atoms with van der Waals surface area (Å²) in [4.78, 5) is 11.7. The van der Waals surface area contributed by atoms with E-state index in [0.29, 0.717) is 17.4 Å². The summed E-state index contributed by atoms with van der Waals surface area (Å²) in [5.74, 6) is 0.560. The molecule has 1 rings (SSSR count). The predicted molar refractivity (Wildman–Crippen MR) is 76.6 cm³/mol. The van der Waals surface area contributed by atoms with Gasteiger partial charge in [0, 0.05) is 15.9 Å². The van der Waals surface area contributed by atoms with Crippen LogP contribution in [0.25, 0.3) is 0 Å². The average molecular weight is 319 g/mol. The van der Waals surface area contributed by atoms with Crippen LogP contribution in [0, 0.1) is 12.8 Å². The number of rotatable bonds is 4. The van der Waals surface area contributed by atoms with E-state index in [1.165, 1.54) is 0 Å². The topological polar surface area (TPSA) is 29.1 Å². The fourth-order valence-electron chi connectivity index (χ4n) is 1.37. The van der Waals surface area contributed by atoms with Crippen LogP contribution in [-0.2, 0) is 4.79 Å². The maximum Gasteiger partial charge on any atom is 0.224 e. The summed E-state index contributed by atoms with van der Waals surface area (Å²) in [6.45, 7) is 6.13. The molecule has 0 saturated heterocycles. The van der Waals surface area contributed by atoms with Crippen LogP contribution in [0.2, 0.25) is 5.02 Å². The van der Waals surface area contributed by atoms with Gasteiger partial charge in [-0.3, -0.25) is 4.79 Å². The molecule has 17 heavy (non-hydrogen) atoms. The molecular formula is C13H17BrClNO. The molecule has 0 unspecified atom stereocenters. The molecule has 0 aromatic heterocycles. The van der Waals surface area contributed by atoms with Gasteiger partial charge in [-0.1, -0.05) is 25.4 Å². The molecule has 1 aromatic rings. The second kappa shape index (κ2) is 6.41. The number of nitrogens with one attached hydrogen (secondary N) is 1. The van der Waals surface area contributed by atoms with Gasteiger partial charge in [0.25, 0.3) is 0 Å². The van der Waals surface area contributed by atoms with Crippen LogP contribution in [-0.4, -0.2) is 5.91 Å². The van der Waals surface area contributed by atoms with Gasteiger partial charge in [0.15, 0.2) is 0 Å². The van der Waals surface area contributed by atoms with E-state index in [2.05, 4.69) is 35.1 Å². The molecule has 1 amide bonds. The number of hydrogen-bond donors (Lipinski definition) is 1. The minimum absolute atomic E-state index is 0.0271. The van der Waals surface area contributed by atoms with Crippen LogP contribution in [0.15, 0.2) is 16.6 Å². The van der Waals surface area contributed by atoms with Crippen molar-refractivity contribution >= 4 is 39.1 Å². The van der Waals surface area contributed by atoms with Crippen LogP contribution in [0.1, 0.15) is 32.3 Å². The molecule has 2 nitrogen and oxygen atoms in total. The number of anilines is 1. The second-order valence-corrected chi connectivity index (χ2v) is 5.82. The number of halogens is 2. The number of carbonyl (C=O) groups excluding carboxylic acids is 1. The molecule has 0 bridgehead atoms. The molecule has 0 fully saturated rings. The zero-order valence-electron chi connectivity index (χ0n) is 10.3. The summed E-state index contributed by atoms with van der Waals surface area (Å²) in [7, 11) is 0. The number of hydrogen-bond acceptors (Lipinski definition) is 1. The van der Waals surface area contributed by atoms with Crippen molar-refractivity contribution < 1.29 is 4.79 Å². The zero-order valence-corrected chi connectivity index (χ0v) is 12.7. The minimum Gasteiger partial charge on any atom is -0.325 e. The van der Waals surface area contributed by atoms with Crippen molar-refractivity contribution in [3.63, 3.8) is 0 Å². The summed E-state index contributed by atoms with van der Waals surface area (Å²) >= 11 is 9.44. The molecule has 1 N–H and O–H groups in total. The highest BCUT2D eigenvalue weighted by Crippen LogP contribution is 2.29.